The van der Waals surface area contributed by atoms with Crippen LogP contribution in [0.15, 0.2) is 16.7 Å². The van der Waals surface area contributed by atoms with E-state index in [9.17, 15) is 13.2 Å². The monoisotopic (exact) mass is 302 g/mol. The SMILES string of the molecule is Cc1noc(CCNc2cc(OC(F)F)c(F)cc2N)n1. The van der Waals surface area contributed by atoms with Crippen LogP contribution in [0.5, 0.6) is 5.75 Å². The van der Waals surface area contributed by atoms with E-state index in [4.69, 9.17) is 10.3 Å². The molecule has 3 N–H and O–H groups in total. The summed E-state index contributed by atoms with van der Waals surface area (Å²) in [5.74, 6) is -0.593. The van der Waals surface area contributed by atoms with Gasteiger partial charge in [-0.3, -0.25) is 0 Å². The van der Waals surface area contributed by atoms with Crippen molar-refractivity contribution in [3.05, 3.63) is 29.7 Å². The van der Waals surface area contributed by atoms with Crippen LogP contribution in [-0.4, -0.2) is 23.3 Å². The van der Waals surface area contributed by atoms with E-state index in [2.05, 4.69) is 20.2 Å². The number of nitrogens with one attached hydrogen (secondary N) is 1. The van der Waals surface area contributed by atoms with E-state index in [1.165, 1.54) is 0 Å². The topological polar surface area (TPSA) is 86.2 Å². The minimum Gasteiger partial charge on any atom is -0.432 e. The Kier molecular flexibility index (Phi) is 4.51. The Morgan fingerprint density at radius 3 is 2.81 bits per heavy atom. The van der Waals surface area contributed by atoms with Crippen LogP contribution >= 0.6 is 0 Å². The maximum atomic E-state index is 13.4. The number of anilines is 2. The van der Waals surface area contributed by atoms with Gasteiger partial charge in [0, 0.05) is 25.1 Å². The quantitative estimate of drug-likeness (QED) is 0.797. The molecule has 0 radical (unpaired) electrons. The zero-order valence-electron chi connectivity index (χ0n) is 11.1. The van der Waals surface area contributed by atoms with E-state index >= 15 is 0 Å². The summed E-state index contributed by atoms with van der Waals surface area (Å²) < 4.78 is 46.6. The Hall–Kier alpha value is -2.45. The fraction of sp³-hybridized carbons (Fsp3) is 0.333. The number of hydrogen-bond acceptors (Lipinski definition) is 6. The Balaban J connectivity index is 2.01. The molecule has 6 nitrogen and oxygen atoms in total. The lowest BCUT2D eigenvalue weighted by molar-refractivity contribution is -0.0521. The fourth-order valence-corrected chi connectivity index (χ4v) is 1.65. The summed E-state index contributed by atoms with van der Waals surface area (Å²) in [6, 6.07) is 1.99. The van der Waals surface area contributed by atoms with Crippen LogP contribution < -0.4 is 15.8 Å². The number of alkyl halides is 2. The van der Waals surface area contributed by atoms with Gasteiger partial charge in [-0.2, -0.15) is 13.8 Å². The van der Waals surface area contributed by atoms with Crippen molar-refractivity contribution in [3.63, 3.8) is 0 Å². The maximum absolute atomic E-state index is 13.4. The number of ether oxygens (including phenoxy) is 1. The normalized spacial score (nSPS) is 10.9. The van der Waals surface area contributed by atoms with E-state index < -0.39 is 18.2 Å². The first-order valence-electron chi connectivity index (χ1n) is 6.02. The summed E-state index contributed by atoms with van der Waals surface area (Å²) in [6.07, 6.45) is 0.405. The lowest BCUT2D eigenvalue weighted by atomic mass is 10.2. The largest absolute Gasteiger partial charge is 0.432 e. The first-order chi connectivity index (χ1) is 9.95. The van der Waals surface area contributed by atoms with Crippen molar-refractivity contribution >= 4 is 11.4 Å². The summed E-state index contributed by atoms with van der Waals surface area (Å²) in [6.45, 7) is -1.07. The van der Waals surface area contributed by atoms with E-state index in [0.29, 0.717) is 24.7 Å². The van der Waals surface area contributed by atoms with Gasteiger partial charge in [0.05, 0.1) is 11.4 Å². The van der Waals surface area contributed by atoms with Crippen molar-refractivity contribution in [2.24, 2.45) is 0 Å². The highest BCUT2D eigenvalue weighted by molar-refractivity contribution is 5.68. The van der Waals surface area contributed by atoms with Crippen LogP contribution in [0.1, 0.15) is 11.7 Å². The number of nitrogens with two attached hydrogens (primary N) is 1. The van der Waals surface area contributed by atoms with Crippen molar-refractivity contribution in [3.8, 4) is 5.75 Å². The van der Waals surface area contributed by atoms with Gasteiger partial charge in [-0.1, -0.05) is 5.16 Å². The van der Waals surface area contributed by atoms with Crippen LogP contribution in [-0.2, 0) is 6.42 Å². The molecule has 1 aromatic heterocycles. The number of nitrogen functional groups attached to an aromatic ring is 1. The number of halogens is 3. The zero-order valence-corrected chi connectivity index (χ0v) is 11.1. The molecule has 0 bridgehead atoms. The van der Waals surface area contributed by atoms with Gasteiger partial charge in [0.25, 0.3) is 0 Å². The average Bonchev–Trinajstić information content (AvgIpc) is 2.80. The molecule has 0 fully saturated rings. The minimum absolute atomic E-state index is 0.0795. The number of aryl methyl sites for hydroxylation is 1. The molecule has 0 atom stereocenters. The summed E-state index contributed by atoms with van der Waals surface area (Å²) >= 11 is 0. The highest BCUT2D eigenvalue weighted by Crippen LogP contribution is 2.29. The van der Waals surface area contributed by atoms with Gasteiger partial charge in [-0.15, -0.1) is 0 Å². The lowest BCUT2D eigenvalue weighted by Crippen LogP contribution is -2.09. The molecule has 1 aromatic carbocycles. The zero-order chi connectivity index (χ0) is 15.4. The molecule has 0 aliphatic heterocycles. The first-order valence-corrected chi connectivity index (χ1v) is 6.02. The van der Waals surface area contributed by atoms with Crippen molar-refractivity contribution < 1.29 is 22.4 Å². The standard InChI is InChI=1S/C12H13F3N4O2/c1-6-18-11(21-19-6)2-3-17-9-5-10(20-12(14)15)7(13)4-8(9)16/h4-5,12,17H,2-3,16H2,1H3. The minimum atomic E-state index is -3.11. The predicted octanol–water partition coefficient (Wildman–Crippen LogP) is 2.36. The summed E-state index contributed by atoms with van der Waals surface area (Å²) in [7, 11) is 0. The molecule has 114 valence electrons. The fourth-order valence-electron chi connectivity index (χ4n) is 1.65. The van der Waals surface area contributed by atoms with Crippen molar-refractivity contribution in [2.75, 3.05) is 17.6 Å². The summed E-state index contributed by atoms with van der Waals surface area (Å²) in [4.78, 5) is 4.00. The summed E-state index contributed by atoms with van der Waals surface area (Å²) in [5.41, 5.74) is 5.97. The molecular weight excluding hydrogens is 289 g/mol. The van der Waals surface area contributed by atoms with Gasteiger partial charge in [0.15, 0.2) is 17.4 Å². The molecule has 0 amide bonds. The highest BCUT2D eigenvalue weighted by atomic mass is 19.3. The van der Waals surface area contributed by atoms with Crippen LogP contribution in [0.3, 0.4) is 0 Å². The predicted molar refractivity (Wildman–Crippen MR) is 68.7 cm³/mol. The Bertz CT molecular complexity index is 619. The number of aromatic nitrogens is 2. The molecule has 0 unspecified atom stereocenters. The van der Waals surface area contributed by atoms with Crippen LogP contribution in [0.4, 0.5) is 24.5 Å². The smallest absolute Gasteiger partial charge is 0.387 e. The highest BCUT2D eigenvalue weighted by Gasteiger charge is 2.13. The van der Waals surface area contributed by atoms with Gasteiger partial charge in [-0.05, 0) is 6.92 Å². The first kappa shape index (κ1) is 14.9. The Morgan fingerprint density at radius 1 is 1.43 bits per heavy atom. The van der Waals surface area contributed by atoms with Gasteiger partial charge < -0.3 is 20.3 Å². The van der Waals surface area contributed by atoms with E-state index in [1.807, 2.05) is 0 Å². The third-order valence-electron chi connectivity index (χ3n) is 2.54. The van der Waals surface area contributed by atoms with Gasteiger partial charge in [-0.25, -0.2) is 4.39 Å². The van der Waals surface area contributed by atoms with E-state index in [1.54, 1.807) is 6.92 Å². The third-order valence-corrected chi connectivity index (χ3v) is 2.54. The third kappa shape index (κ3) is 4.01. The second-order valence-corrected chi connectivity index (χ2v) is 4.16. The van der Waals surface area contributed by atoms with Crippen molar-refractivity contribution in [2.45, 2.75) is 20.0 Å². The van der Waals surface area contributed by atoms with Crippen molar-refractivity contribution in [1.82, 2.24) is 10.1 Å². The number of hydrogen-bond donors (Lipinski definition) is 2. The lowest BCUT2D eigenvalue weighted by Gasteiger charge is -2.12. The van der Waals surface area contributed by atoms with Crippen LogP contribution in [0.2, 0.25) is 0 Å². The number of nitrogens with zero attached hydrogens (tertiary/aromatic N) is 2. The van der Waals surface area contributed by atoms with Gasteiger partial charge >= 0.3 is 6.61 Å². The van der Waals surface area contributed by atoms with Gasteiger partial charge in [0.1, 0.15) is 0 Å². The van der Waals surface area contributed by atoms with Gasteiger partial charge in [0.2, 0.25) is 5.89 Å². The second-order valence-electron chi connectivity index (χ2n) is 4.16. The second kappa shape index (κ2) is 6.33. The number of rotatable bonds is 6. The molecule has 0 saturated heterocycles. The molecule has 0 aliphatic rings. The Morgan fingerprint density at radius 2 is 2.19 bits per heavy atom. The molecule has 0 aliphatic carbocycles. The van der Waals surface area contributed by atoms with E-state index in [0.717, 1.165) is 12.1 Å². The molecule has 21 heavy (non-hydrogen) atoms. The molecule has 9 heteroatoms. The van der Waals surface area contributed by atoms with Crippen molar-refractivity contribution in [1.29, 1.82) is 0 Å². The molecular formula is C12H13F3N4O2. The number of benzene rings is 1. The Labute approximate surface area is 118 Å². The molecule has 2 aromatic rings. The average molecular weight is 302 g/mol. The van der Waals surface area contributed by atoms with E-state index in [-0.39, 0.29) is 11.4 Å². The maximum Gasteiger partial charge on any atom is 0.387 e. The molecule has 2 rings (SSSR count). The summed E-state index contributed by atoms with van der Waals surface area (Å²) in [5, 5.41) is 6.49. The molecule has 0 spiro atoms. The molecule has 1 heterocycles. The van der Waals surface area contributed by atoms with Crippen LogP contribution in [0, 0.1) is 12.7 Å². The molecule has 0 saturated carbocycles. The van der Waals surface area contributed by atoms with Crippen LogP contribution in [0.25, 0.3) is 0 Å².